The van der Waals surface area contributed by atoms with E-state index in [0.29, 0.717) is 6.04 Å². The largest absolute Gasteiger partial charge is 0.337 e. The van der Waals surface area contributed by atoms with Gasteiger partial charge in [0.2, 0.25) is 0 Å². The molecule has 0 saturated heterocycles. The molecule has 1 aliphatic carbocycles. The van der Waals surface area contributed by atoms with Crippen molar-refractivity contribution in [2.75, 3.05) is 6.54 Å². The van der Waals surface area contributed by atoms with Crippen LogP contribution < -0.4 is 5.32 Å². The van der Waals surface area contributed by atoms with E-state index in [-0.39, 0.29) is 0 Å². The monoisotopic (exact) mass is 235 g/mol. The van der Waals surface area contributed by atoms with Gasteiger partial charge < -0.3 is 9.88 Å². The average molecular weight is 235 g/mol. The van der Waals surface area contributed by atoms with Crippen LogP contribution in [0.1, 0.15) is 57.3 Å². The fourth-order valence-electron chi connectivity index (χ4n) is 3.01. The second-order valence-corrected chi connectivity index (χ2v) is 5.18. The topological polar surface area (TPSA) is 29.9 Å². The van der Waals surface area contributed by atoms with Crippen LogP contribution in [-0.4, -0.2) is 16.1 Å². The van der Waals surface area contributed by atoms with Crippen LogP contribution in [0.4, 0.5) is 0 Å². The molecule has 0 spiro atoms. The van der Waals surface area contributed by atoms with Gasteiger partial charge in [0.1, 0.15) is 5.82 Å². The van der Waals surface area contributed by atoms with Gasteiger partial charge in [0.25, 0.3) is 0 Å². The molecule has 0 bridgehead atoms. The van der Waals surface area contributed by atoms with Gasteiger partial charge in [-0.25, -0.2) is 4.98 Å². The summed E-state index contributed by atoms with van der Waals surface area (Å²) in [5.74, 6) is 1.97. The first-order valence-corrected chi connectivity index (χ1v) is 7.03. The predicted octanol–water partition coefficient (Wildman–Crippen LogP) is 3.04. The maximum Gasteiger partial charge on any atom is 0.125 e. The Kier molecular flexibility index (Phi) is 4.60. The lowest BCUT2D eigenvalue weighted by atomic mass is 9.91. The highest BCUT2D eigenvalue weighted by Crippen LogP contribution is 2.32. The highest BCUT2D eigenvalue weighted by Gasteiger charge is 2.25. The molecule has 1 heterocycles. The van der Waals surface area contributed by atoms with Crippen molar-refractivity contribution in [3.63, 3.8) is 0 Å². The highest BCUT2D eigenvalue weighted by atomic mass is 15.1. The van der Waals surface area contributed by atoms with E-state index in [1.54, 1.807) is 0 Å². The zero-order chi connectivity index (χ0) is 12.1. The van der Waals surface area contributed by atoms with E-state index in [1.165, 1.54) is 44.3 Å². The van der Waals surface area contributed by atoms with E-state index < -0.39 is 0 Å². The predicted molar refractivity (Wildman–Crippen MR) is 70.8 cm³/mol. The molecule has 1 aliphatic rings. The summed E-state index contributed by atoms with van der Waals surface area (Å²) in [4.78, 5) is 4.54. The smallest absolute Gasteiger partial charge is 0.125 e. The minimum absolute atomic E-state index is 0.443. The standard InChI is InChI=1S/C14H25N3/c1-3-15-13(14-16-10-11-17(14)2)12-8-6-4-5-7-9-12/h10-13,15H,3-9H2,1-2H3. The van der Waals surface area contributed by atoms with Gasteiger partial charge in [-0.05, 0) is 25.3 Å². The summed E-state index contributed by atoms with van der Waals surface area (Å²) >= 11 is 0. The number of aromatic nitrogens is 2. The lowest BCUT2D eigenvalue weighted by molar-refractivity contribution is 0.313. The molecule has 1 saturated carbocycles. The van der Waals surface area contributed by atoms with E-state index in [2.05, 4.69) is 35.0 Å². The maximum atomic E-state index is 4.54. The second kappa shape index (κ2) is 6.20. The van der Waals surface area contributed by atoms with E-state index in [0.717, 1.165) is 12.5 Å². The van der Waals surface area contributed by atoms with Gasteiger partial charge in [0, 0.05) is 19.4 Å². The molecule has 2 rings (SSSR count). The van der Waals surface area contributed by atoms with Crippen molar-refractivity contribution in [2.45, 2.75) is 51.5 Å². The molecule has 0 amide bonds. The summed E-state index contributed by atoms with van der Waals surface area (Å²) in [7, 11) is 2.10. The van der Waals surface area contributed by atoms with Crippen molar-refractivity contribution in [1.29, 1.82) is 0 Å². The van der Waals surface area contributed by atoms with Crippen LogP contribution in [0.25, 0.3) is 0 Å². The Labute approximate surface area is 105 Å². The van der Waals surface area contributed by atoms with Crippen molar-refractivity contribution < 1.29 is 0 Å². The molecule has 1 aromatic heterocycles. The molecule has 1 atom stereocenters. The molecule has 3 heteroatoms. The summed E-state index contributed by atoms with van der Waals surface area (Å²) < 4.78 is 2.16. The summed E-state index contributed by atoms with van der Waals surface area (Å²) in [6, 6.07) is 0.443. The molecule has 0 aromatic carbocycles. The minimum atomic E-state index is 0.443. The zero-order valence-corrected chi connectivity index (χ0v) is 11.2. The molecule has 1 N–H and O–H groups in total. The fourth-order valence-corrected chi connectivity index (χ4v) is 3.01. The van der Waals surface area contributed by atoms with Gasteiger partial charge in [0.05, 0.1) is 6.04 Å². The molecular formula is C14H25N3. The molecule has 1 unspecified atom stereocenters. The molecule has 0 radical (unpaired) electrons. The minimum Gasteiger partial charge on any atom is -0.337 e. The lowest BCUT2D eigenvalue weighted by Crippen LogP contribution is -2.30. The number of imidazole rings is 1. The van der Waals surface area contributed by atoms with Gasteiger partial charge in [-0.15, -0.1) is 0 Å². The average Bonchev–Trinajstić information content (AvgIpc) is 2.60. The first-order valence-electron chi connectivity index (χ1n) is 7.03. The lowest BCUT2D eigenvalue weighted by Gasteiger charge is -2.26. The molecule has 96 valence electrons. The summed E-state index contributed by atoms with van der Waals surface area (Å²) in [5.41, 5.74) is 0. The van der Waals surface area contributed by atoms with E-state index in [1.807, 2.05) is 6.20 Å². The summed E-state index contributed by atoms with van der Waals surface area (Å²) in [5, 5.41) is 3.64. The van der Waals surface area contributed by atoms with Crippen LogP contribution >= 0.6 is 0 Å². The first kappa shape index (κ1) is 12.6. The Hall–Kier alpha value is -0.830. The Balaban J connectivity index is 2.13. The quantitative estimate of drug-likeness (QED) is 0.813. The zero-order valence-electron chi connectivity index (χ0n) is 11.2. The molecule has 0 aliphatic heterocycles. The summed E-state index contributed by atoms with van der Waals surface area (Å²) in [6.07, 6.45) is 12.3. The fraction of sp³-hybridized carbons (Fsp3) is 0.786. The maximum absolute atomic E-state index is 4.54. The third-order valence-electron chi connectivity index (χ3n) is 3.93. The van der Waals surface area contributed by atoms with Crippen LogP contribution in [0.15, 0.2) is 12.4 Å². The normalized spacial score (nSPS) is 20.1. The Morgan fingerprint density at radius 1 is 1.35 bits per heavy atom. The van der Waals surface area contributed by atoms with Crippen molar-refractivity contribution in [3.05, 3.63) is 18.2 Å². The first-order chi connectivity index (χ1) is 8.33. The van der Waals surface area contributed by atoms with E-state index in [4.69, 9.17) is 0 Å². The van der Waals surface area contributed by atoms with Crippen LogP contribution in [0.5, 0.6) is 0 Å². The SMILES string of the molecule is CCNC(c1nccn1C)C1CCCCCC1. The number of nitrogens with one attached hydrogen (secondary N) is 1. The van der Waals surface area contributed by atoms with Gasteiger partial charge in [-0.2, -0.15) is 0 Å². The second-order valence-electron chi connectivity index (χ2n) is 5.18. The summed E-state index contributed by atoms with van der Waals surface area (Å²) in [6.45, 7) is 3.21. The number of rotatable bonds is 4. The van der Waals surface area contributed by atoms with Gasteiger partial charge in [-0.3, -0.25) is 0 Å². The highest BCUT2D eigenvalue weighted by molar-refractivity contribution is 5.01. The van der Waals surface area contributed by atoms with Gasteiger partial charge >= 0.3 is 0 Å². The van der Waals surface area contributed by atoms with E-state index >= 15 is 0 Å². The van der Waals surface area contributed by atoms with Crippen molar-refractivity contribution in [3.8, 4) is 0 Å². The Morgan fingerprint density at radius 2 is 2.06 bits per heavy atom. The van der Waals surface area contributed by atoms with Gasteiger partial charge in [0.15, 0.2) is 0 Å². The van der Waals surface area contributed by atoms with Crippen LogP contribution in [0, 0.1) is 5.92 Å². The third kappa shape index (κ3) is 3.09. The number of aryl methyl sites for hydroxylation is 1. The molecular weight excluding hydrogens is 210 g/mol. The number of hydrogen-bond donors (Lipinski definition) is 1. The van der Waals surface area contributed by atoms with Crippen LogP contribution in [0.2, 0.25) is 0 Å². The number of hydrogen-bond acceptors (Lipinski definition) is 2. The molecule has 3 nitrogen and oxygen atoms in total. The van der Waals surface area contributed by atoms with Crippen LogP contribution in [-0.2, 0) is 7.05 Å². The van der Waals surface area contributed by atoms with E-state index in [9.17, 15) is 0 Å². The Bertz CT molecular complexity index is 324. The Morgan fingerprint density at radius 3 is 2.59 bits per heavy atom. The van der Waals surface area contributed by atoms with Gasteiger partial charge in [-0.1, -0.05) is 32.6 Å². The van der Waals surface area contributed by atoms with Crippen LogP contribution in [0.3, 0.4) is 0 Å². The molecule has 1 fully saturated rings. The van der Waals surface area contributed by atoms with Crippen molar-refractivity contribution in [2.24, 2.45) is 13.0 Å². The molecule has 1 aromatic rings. The third-order valence-corrected chi connectivity index (χ3v) is 3.93. The van der Waals surface area contributed by atoms with Crippen molar-refractivity contribution >= 4 is 0 Å². The number of nitrogens with zero attached hydrogens (tertiary/aromatic N) is 2. The van der Waals surface area contributed by atoms with Crippen molar-refractivity contribution in [1.82, 2.24) is 14.9 Å². The molecule has 17 heavy (non-hydrogen) atoms.